The lowest BCUT2D eigenvalue weighted by atomic mass is 10.0. The first-order valence-electron chi connectivity index (χ1n) is 8.63. The van der Waals surface area contributed by atoms with Gasteiger partial charge < -0.3 is 4.98 Å². The van der Waals surface area contributed by atoms with Gasteiger partial charge in [-0.25, -0.2) is 9.37 Å². The Bertz CT molecular complexity index is 965. The minimum atomic E-state index is -0.326. The van der Waals surface area contributed by atoms with Crippen molar-refractivity contribution in [2.75, 3.05) is 6.54 Å². The second kappa shape index (κ2) is 6.69. The molecular formula is C19H20FN3OS. The van der Waals surface area contributed by atoms with Crippen LogP contribution >= 0.6 is 11.3 Å². The number of H-pyrrole nitrogens is 1. The number of halogens is 1. The van der Waals surface area contributed by atoms with Crippen molar-refractivity contribution in [2.45, 2.75) is 38.8 Å². The SMILES string of the molecule is C[C@@H]1CCCCN1Cc1nc2scc(-c3ccccc3F)c2c(=O)[nH]1. The van der Waals surface area contributed by atoms with Gasteiger partial charge in [-0.05, 0) is 32.4 Å². The topological polar surface area (TPSA) is 49.0 Å². The molecule has 1 aliphatic rings. The molecule has 130 valence electrons. The molecule has 0 spiro atoms. The molecule has 3 aromatic rings. The molecule has 1 N–H and O–H groups in total. The predicted molar refractivity (Wildman–Crippen MR) is 99.4 cm³/mol. The Hall–Kier alpha value is -2.05. The van der Waals surface area contributed by atoms with Crippen molar-refractivity contribution in [1.82, 2.24) is 14.9 Å². The van der Waals surface area contributed by atoms with Crippen LogP contribution in [0.2, 0.25) is 0 Å². The van der Waals surface area contributed by atoms with Gasteiger partial charge in [-0.2, -0.15) is 0 Å². The second-order valence-corrected chi connectivity index (χ2v) is 7.50. The van der Waals surface area contributed by atoms with Crippen LogP contribution in [-0.4, -0.2) is 27.5 Å². The molecule has 0 unspecified atom stereocenters. The van der Waals surface area contributed by atoms with Crippen LogP contribution in [0, 0.1) is 5.82 Å². The van der Waals surface area contributed by atoms with Crippen LogP contribution in [0.5, 0.6) is 0 Å². The van der Waals surface area contributed by atoms with Crippen molar-refractivity contribution in [3.8, 4) is 11.1 Å². The summed E-state index contributed by atoms with van der Waals surface area (Å²) in [4.78, 5) is 23.2. The second-order valence-electron chi connectivity index (χ2n) is 6.64. The lowest BCUT2D eigenvalue weighted by Crippen LogP contribution is -2.37. The quantitative estimate of drug-likeness (QED) is 0.765. The van der Waals surface area contributed by atoms with Gasteiger partial charge in [-0.1, -0.05) is 24.6 Å². The van der Waals surface area contributed by atoms with Crippen molar-refractivity contribution in [1.29, 1.82) is 0 Å². The van der Waals surface area contributed by atoms with Gasteiger partial charge in [0.05, 0.1) is 11.9 Å². The summed E-state index contributed by atoms with van der Waals surface area (Å²) in [6.07, 6.45) is 3.63. The van der Waals surface area contributed by atoms with Crippen molar-refractivity contribution < 1.29 is 4.39 Å². The Balaban J connectivity index is 1.72. The van der Waals surface area contributed by atoms with Gasteiger partial charge in [0.1, 0.15) is 16.5 Å². The molecule has 0 amide bonds. The molecular weight excluding hydrogens is 337 g/mol. The van der Waals surface area contributed by atoms with Crippen molar-refractivity contribution in [3.63, 3.8) is 0 Å². The zero-order chi connectivity index (χ0) is 17.4. The lowest BCUT2D eigenvalue weighted by Gasteiger charge is -2.32. The molecule has 1 saturated heterocycles. The van der Waals surface area contributed by atoms with Crippen LogP contribution in [0.15, 0.2) is 34.4 Å². The average molecular weight is 357 g/mol. The summed E-state index contributed by atoms with van der Waals surface area (Å²) in [6.45, 7) is 3.91. The molecule has 4 nitrogen and oxygen atoms in total. The van der Waals surface area contributed by atoms with Gasteiger partial charge in [0.25, 0.3) is 5.56 Å². The summed E-state index contributed by atoms with van der Waals surface area (Å²) in [5.74, 6) is 0.362. The molecule has 3 heterocycles. The van der Waals surface area contributed by atoms with Crippen LogP contribution in [0.4, 0.5) is 4.39 Å². The Morgan fingerprint density at radius 3 is 2.96 bits per heavy atom. The first-order valence-corrected chi connectivity index (χ1v) is 9.51. The van der Waals surface area contributed by atoms with Gasteiger partial charge >= 0.3 is 0 Å². The molecule has 0 saturated carbocycles. The van der Waals surface area contributed by atoms with Gasteiger partial charge in [-0.15, -0.1) is 11.3 Å². The highest BCUT2D eigenvalue weighted by atomic mass is 32.1. The monoisotopic (exact) mass is 357 g/mol. The standard InChI is InChI=1S/C19H20FN3OS/c1-12-6-4-5-9-23(12)10-16-21-18(24)17-14(11-25-19(17)22-16)13-7-2-3-8-15(13)20/h2-3,7-8,11-12H,4-6,9-10H2,1H3,(H,21,22,24)/t12-/m1/s1. The Morgan fingerprint density at radius 1 is 1.32 bits per heavy atom. The van der Waals surface area contributed by atoms with Crippen molar-refractivity contribution in [3.05, 3.63) is 51.6 Å². The van der Waals surface area contributed by atoms with Crippen LogP contribution in [0.1, 0.15) is 32.0 Å². The number of fused-ring (bicyclic) bond motifs is 1. The van der Waals surface area contributed by atoms with Crippen LogP contribution in [0.25, 0.3) is 21.3 Å². The minimum Gasteiger partial charge on any atom is -0.309 e. The van der Waals surface area contributed by atoms with Crippen molar-refractivity contribution >= 4 is 21.6 Å². The molecule has 1 atom stereocenters. The highest BCUT2D eigenvalue weighted by Crippen LogP contribution is 2.32. The largest absolute Gasteiger partial charge is 0.309 e. The fourth-order valence-electron chi connectivity index (χ4n) is 3.53. The highest BCUT2D eigenvalue weighted by molar-refractivity contribution is 7.17. The average Bonchev–Trinajstić information content (AvgIpc) is 3.02. The number of piperidine rings is 1. The maximum atomic E-state index is 14.1. The van der Waals surface area contributed by atoms with E-state index in [0.717, 1.165) is 6.54 Å². The molecule has 0 aliphatic carbocycles. The molecule has 0 bridgehead atoms. The van der Waals surface area contributed by atoms with E-state index >= 15 is 0 Å². The van der Waals surface area contributed by atoms with E-state index < -0.39 is 0 Å². The summed E-state index contributed by atoms with van der Waals surface area (Å²) in [5, 5.41) is 2.30. The van der Waals surface area contributed by atoms with Crippen molar-refractivity contribution in [2.24, 2.45) is 0 Å². The van der Waals surface area contributed by atoms with E-state index in [1.54, 1.807) is 18.2 Å². The maximum Gasteiger partial charge on any atom is 0.260 e. The van der Waals surface area contributed by atoms with Gasteiger partial charge in [0.15, 0.2) is 0 Å². The third kappa shape index (κ3) is 3.12. The summed E-state index contributed by atoms with van der Waals surface area (Å²) in [6, 6.07) is 7.03. The van der Waals surface area contributed by atoms with Crippen LogP contribution in [0.3, 0.4) is 0 Å². The Labute approximate surface area is 149 Å². The lowest BCUT2D eigenvalue weighted by molar-refractivity contribution is 0.149. The van der Waals surface area contributed by atoms with E-state index in [2.05, 4.69) is 21.8 Å². The number of rotatable bonds is 3. The first kappa shape index (κ1) is 16.4. The highest BCUT2D eigenvalue weighted by Gasteiger charge is 2.20. The molecule has 1 aromatic carbocycles. The van der Waals surface area contributed by atoms with Crippen LogP contribution < -0.4 is 5.56 Å². The Morgan fingerprint density at radius 2 is 2.16 bits per heavy atom. The zero-order valence-electron chi connectivity index (χ0n) is 14.1. The molecule has 2 aromatic heterocycles. The van der Waals surface area contributed by atoms with E-state index in [4.69, 9.17) is 0 Å². The zero-order valence-corrected chi connectivity index (χ0v) is 14.9. The van der Waals surface area contributed by atoms with E-state index in [1.807, 2.05) is 5.38 Å². The van der Waals surface area contributed by atoms with Gasteiger partial charge in [0, 0.05) is 22.5 Å². The molecule has 4 rings (SSSR count). The predicted octanol–water partition coefficient (Wildman–Crippen LogP) is 4.17. The number of nitrogens with one attached hydrogen (secondary N) is 1. The number of thiophene rings is 1. The smallest absolute Gasteiger partial charge is 0.260 e. The van der Waals surface area contributed by atoms with Gasteiger partial charge in [-0.3, -0.25) is 9.69 Å². The van der Waals surface area contributed by atoms with Crippen LogP contribution in [-0.2, 0) is 6.54 Å². The van der Waals surface area contributed by atoms with Gasteiger partial charge in [0.2, 0.25) is 0 Å². The van der Waals surface area contributed by atoms with E-state index in [9.17, 15) is 9.18 Å². The van der Waals surface area contributed by atoms with E-state index in [0.29, 0.717) is 39.8 Å². The molecule has 1 fully saturated rings. The Kier molecular flexibility index (Phi) is 4.39. The van der Waals surface area contributed by atoms with E-state index in [1.165, 1.54) is 36.7 Å². The summed E-state index contributed by atoms with van der Waals surface area (Å²) < 4.78 is 14.1. The number of benzene rings is 1. The number of likely N-dealkylation sites (tertiary alicyclic amines) is 1. The fraction of sp³-hybridized carbons (Fsp3) is 0.368. The molecule has 25 heavy (non-hydrogen) atoms. The third-order valence-corrected chi connectivity index (χ3v) is 5.82. The summed E-state index contributed by atoms with van der Waals surface area (Å²) >= 11 is 1.39. The molecule has 1 aliphatic heterocycles. The molecule has 0 radical (unpaired) electrons. The number of hydrogen-bond acceptors (Lipinski definition) is 4. The normalized spacial score (nSPS) is 18.7. The number of hydrogen-bond donors (Lipinski definition) is 1. The maximum absolute atomic E-state index is 14.1. The first-order chi connectivity index (χ1) is 12.1. The molecule has 6 heteroatoms. The summed E-state index contributed by atoms with van der Waals surface area (Å²) in [7, 11) is 0. The third-order valence-electron chi connectivity index (χ3n) is 4.95. The number of aromatic nitrogens is 2. The fourth-order valence-corrected chi connectivity index (χ4v) is 4.49. The summed E-state index contributed by atoms with van der Waals surface area (Å²) in [5.41, 5.74) is 0.868. The van der Waals surface area contributed by atoms with E-state index in [-0.39, 0.29) is 11.4 Å². The number of nitrogens with zero attached hydrogens (tertiary/aromatic N) is 2. The minimum absolute atomic E-state index is 0.191. The number of aromatic amines is 1.